The summed E-state index contributed by atoms with van der Waals surface area (Å²) in [4.78, 5) is 13.9. The minimum Gasteiger partial charge on any atom is -0.462 e. The average Bonchev–Trinajstić information content (AvgIpc) is 2.85. The van der Waals surface area contributed by atoms with Gasteiger partial charge in [-0.2, -0.15) is 0 Å². The smallest absolute Gasteiger partial charge is 0.338 e. The van der Waals surface area contributed by atoms with Crippen molar-refractivity contribution in [3.63, 3.8) is 0 Å². The molecule has 0 atom stereocenters. The Morgan fingerprint density at radius 3 is 2.94 bits per heavy atom. The van der Waals surface area contributed by atoms with E-state index in [0.29, 0.717) is 12.2 Å². The van der Waals surface area contributed by atoms with E-state index in [-0.39, 0.29) is 5.97 Å². The van der Waals surface area contributed by atoms with Crippen molar-refractivity contribution in [2.24, 2.45) is 0 Å². The van der Waals surface area contributed by atoms with Gasteiger partial charge < -0.3 is 4.74 Å². The molecule has 0 spiro atoms. The van der Waals surface area contributed by atoms with Crippen molar-refractivity contribution in [3.05, 3.63) is 51.7 Å². The number of rotatable bonds is 4. The van der Waals surface area contributed by atoms with E-state index >= 15 is 0 Å². The highest BCUT2D eigenvalue weighted by atomic mass is 32.1. The summed E-state index contributed by atoms with van der Waals surface area (Å²) >= 11 is 5.90. The number of esters is 1. The third kappa shape index (κ3) is 3.37. The van der Waals surface area contributed by atoms with Crippen LogP contribution in [0.2, 0.25) is 0 Å². The average molecular weight is 278 g/mol. The topological polar surface area (TPSA) is 26.3 Å². The zero-order valence-electron chi connectivity index (χ0n) is 10.1. The van der Waals surface area contributed by atoms with Crippen LogP contribution in [0.15, 0.2) is 40.6 Å². The zero-order valence-corrected chi connectivity index (χ0v) is 11.8. The van der Waals surface area contributed by atoms with Crippen molar-refractivity contribution in [1.29, 1.82) is 0 Å². The molecule has 2 aromatic rings. The van der Waals surface area contributed by atoms with Crippen LogP contribution < -0.4 is 0 Å². The molecule has 0 saturated carbocycles. The third-order valence-electron chi connectivity index (χ3n) is 2.60. The van der Waals surface area contributed by atoms with E-state index in [0.717, 1.165) is 16.9 Å². The van der Waals surface area contributed by atoms with Crippen molar-refractivity contribution < 1.29 is 9.53 Å². The van der Waals surface area contributed by atoms with Gasteiger partial charge in [-0.05, 0) is 36.1 Å². The van der Waals surface area contributed by atoms with Gasteiger partial charge in [0.25, 0.3) is 0 Å². The largest absolute Gasteiger partial charge is 0.462 e. The van der Waals surface area contributed by atoms with Crippen molar-refractivity contribution in [1.82, 2.24) is 0 Å². The summed E-state index contributed by atoms with van der Waals surface area (Å²) in [7, 11) is 0. The Balaban J connectivity index is 1.93. The lowest BCUT2D eigenvalue weighted by Crippen LogP contribution is -2.09. The van der Waals surface area contributed by atoms with Crippen LogP contribution in [-0.4, -0.2) is 12.6 Å². The van der Waals surface area contributed by atoms with Crippen LogP contribution in [0, 0.1) is 6.92 Å². The van der Waals surface area contributed by atoms with Gasteiger partial charge >= 0.3 is 5.97 Å². The molecule has 0 aliphatic carbocycles. The highest BCUT2D eigenvalue weighted by Gasteiger charge is 2.10. The van der Waals surface area contributed by atoms with Crippen LogP contribution in [-0.2, 0) is 11.2 Å². The van der Waals surface area contributed by atoms with Crippen LogP contribution in [0.25, 0.3) is 0 Å². The van der Waals surface area contributed by atoms with Crippen molar-refractivity contribution in [2.75, 3.05) is 6.61 Å². The van der Waals surface area contributed by atoms with E-state index < -0.39 is 0 Å². The number of thiol groups is 1. The van der Waals surface area contributed by atoms with E-state index in [1.165, 1.54) is 4.88 Å². The molecule has 4 heteroatoms. The Hall–Kier alpha value is -1.26. The molecule has 0 aliphatic rings. The molecule has 0 bridgehead atoms. The first-order valence-corrected chi connectivity index (χ1v) is 6.98. The van der Waals surface area contributed by atoms with Crippen LogP contribution in [0.5, 0.6) is 0 Å². The maximum absolute atomic E-state index is 11.9. The fourth-order valence-electron chi connectivity index (χ4n) is 1.61. The van der Waals surface area contributed by atoms with Gasteiger partial charge in [0.1, 0.15) is 0 Å². The van der Waals surface area contributed by atoms with E-state index in [1.807, 2.05) is 36.6 Å². The standard InChI is InChI=1S/C14H14O2S2/c1-10-4-5-11(17)9-13(10)14(15)16-7-6-12-3-2-8-18-12/h2-5,8-9,17H,6-7H2,1H3. The molecular weight excluding hydrogens is 264 g/mol. The van der Waals surface area contributed by atoms with Gasteiger partial charge in [-0.25, -0.2) is 4.79 Å². The van der Waals surface area contributed by atoms with E-state index in [4.69, 9.17) is 4.74 Å². The van der Waals surface area contributed by atoms with E-state index in [2.05, 4.69) is 12.6 Å². The minimum absolute atomic E-state index is 0.278. The van der Waals surface area contributed by atoms with Gasteiger partial charge in [0, 0.05) is 16.2 Å². The maximum Gasteiger partial charge on any atom is 0.338 e. The normalized spacial score (nSPS) is 10.3. The number of thiophene rings is 1. The molecule has 1 aromatic heterocycles. The van der Waals surface area contributed by atoms with Gasteiger partial charge in [0.2, 0.25) is 0 Å². The summed E-state index contributed by atoms with van der Waals surface area (Å²) in [6.07, 6.45) is 0.767. The van der Waals surface area contributed by atoms with Gasteiger partial charge in [-0.15, -0.1) is 24.0 Å². The first-order chi connectivity index (χ1) is 8.66. The quantitative estimate of drug-likeness (QED) is 0.681. The molecular formula is C14H14O2S2. The number of hydrogen-bond acceptors (Lipinski definition) is 4. The molecule has 1 heterocycles. The number of hydrogen-bond donors (Lipinski definition) is 1. The molecule has 0 amide bonds. The zero-order chi connectivity index (χ0) is 13.0. The van der Waals surface area contributed by atoms with Crippen LogP contribution in [0.1, 0.15) is 20.8 Å². The highest BCUT2D eigenvalue weighted by molar-refractivity contribution is 7.80. The van der Waals surface area contributed by atoms with E-state index in [1.54, 1.807) is 17.4 Å². The Bertz CT molecular complexity index is 533. The molecule has 0 radical (unpaired) electrons. The summed E-state index contributed by atoms with van der Waals surface area (Å²) in [5.74, 6) is -0.278. The second-order valence-electron chi connectivity index (χ2n) is 3.96. The molecule has 18 heavy (non-hydrogen) atoms. The monoisotopic (exact) mass is 278 g/mol. The molecule has 94 valence electrons. The van der Waals surface area contributed by atoms with Crippen molar-refractivity contribution >= 4 is 29.9 Å². The van der Waals surface area contributed by atoms with Crippen LogP contribution in [0.4, 0.5) is 0 Å². The second kappa shape index (κ2) is 6.07. The van der Waals surface area contributed by atoms with Gasteiger partial charge in [0.15, 0.2) is 0 Å². The Morgan fingerprint density at radius 1 is 1.39 bits per heavy atom. The second-order valence-corrected chi connectivity index (χ2v) is 5.51. The van der Waals surface area contributed by atoms with Gasteiger partial charge in [-0.1, -0.05) is 12.1 Å². The lowest BCUT2D eigenvalue weighted by molar-refractivity contribution is 0.0509. The summed E-state index contributed by atoms with van der Waals surface area (Å²) in [5.41, 5.74) is 1.50. The summed E-state index contributed by atoms with van der Waals surface area (Å²) in [5, 5.41) is 2.02. The summed E-state index contributed by atoms with van der Waals surface area (Å²) in [6.45, 7) is 2.30. The molecule has 1 aromatic carbocycles. The van der Waals surface area contributed by atoms with Gasteiger partial charge in [-0.3, -0.25) is 0 Å². The first-order valence-electron chi connectivity index (χ1n) is 5.66. The fraction of sp³-hybridized carbons (Fsp3) is 0.214. The summed E-state index contributed by atoms with van der Waals surface area (Å²) in [6, 6.07) is 9.51. The lowest BCUT2D eigenvalue weighted by Gasteiger charge is -2.07. The lowest BCUT2D eigenvalue weighted by atomic mass is 10.1. The predicted octanol–water partition coefficient (Wildman–Crippen LogP) is 3.74. The van der Waals surface area contributed by atoms with E-state index in [9.17, 15) is 4.79 Å². The third-order valence-corrected chi connectivity index (χ3v) is 3.82. The molecule has 2 rings (SSSR count). The Morgan fingerprint density at radius 2 is 2.22 bits per heavy atom. The molecule has 0 N–H and O–H groups in total. The molecule has 0 saturated heterocycles. The number of benzene rings is 1. The van der Waals surface area contributed by atoms with Crippen molar-refractivity contribution in [3.8, 4) is 0 Å². The van der Waals surface area contributed by atoms with Crippen molar-refractivity contribution in [2.45, 2.75) is 18.2 Å². The highest BCUT2D eigenvalue weighted by Crippen LogP contribution is 2.15. The predicted molar refractivity (Wildman–Crippen MR) is 76.7 cm³/mol. The number of aryl methyl sites for hydroxylation is 1. The molecule has 0 fully saturated rings. The van der Waals surface area contributed by atoms with Crippen LogP contribution >= 0.6 is 24.0 Å². The minimum atomic E-state index is -0.278. The summed E-state index contributed by atoms with van der Waals surface area (Å²) < 4.78 is 5.27. The molecule has 2 nitrogen and oxygen atoms in total. The fourth-order valence-corrected chi connectivity index (χ4v) is 2.50. The molecule has 0 aliphatic heterocycles. The number of carbonyl (C=O) groups excluding carboxylic acids is 1. The maximum atomic E-state index is 11.9. The SMILES string of the molecule is Cc1ccc(S)cc1C(=O)OCCc1cccs1. The van der Waals surface area contributed by atoms with Crippen LogP contribution in [0.3, 0.4) is 0 Å². The Kier molecular flexibility index (Phi) is 4.44. The first kappa shape index (κ1) is 13.2. The van der Waals surface area contributed by atoms with Gasteiger partial charge in [0.05, 0.1) is 12.2 Å². The number of ether oxygens (including phenoxy) is 1. The number of carbonyl (C=O) groups is 1. The molecule has 0 unspecified atom stereocenters. The Labute approximate surface area is 116 Å².